The number of carboxylic acid groups (broad SMARTS) is 1. The van der Waals surface area contributed by atoms with Gasteiger partial charge >= 0.3 is 18.1 Å². The first-order valence-corrected chi connectivity index (χ1v) is 13.4. The van der Waals surface area contributed by atoms with Crippen molar-refractivity contribution in [2.24, 2.45) is 11.8 Å². The standard InChI is InChI=1S/C24H32N2O5S.C2HF3O2/c1-6-14(2)32-17-10-9-15(13-16(17)30-4)20-18-19(22(28)25(3)21(18)27)24(23(29)31-5)11-7-8-12-26(20)24;3-2(4,5)1(6)7/h9-10,13-14,18-20H,6-8,11-12H2,1-5H3;(H,6,7)/t14?,18-,19-,20-,24+;/m1./s1. The van der Waals surface area contributed by atoms with E-state index >= 15 is 0 Å². The Labute approximate surface area is 229 Å². The van der Waals surface area contributed by atoms with Crippen molar-refractivity contribution in [1.82, 2.24) is 9.80 Å². The predicted octanol–water partition coefficient (Wildman–Crippen LogP) is 3.90. The molecule has 216 valence electrons. The van der Waals surface area contributed by atoms with Crippen LogP contribution in [0.5, 0.6) is 5.75 Å². The van der Waals surface area contributed by atoms with Gasteiger partial charge in [-0.05, 0) is 49.9 Å². The van der Waals surface area contributed by atoms with Gasteiger partial charge in [0.25, 0.3) is 0 Å². The lowest BCUT2D eigenvalue weighted by Gasteiger charge is -2.44. The highest BCUT2D eigenvalue weighted by Crippen LogP contribution is 2.58. The molecule has 3 heterocycles. The number of rotatable bonds is 6. The van der Waals surface area contributed by atoms with Crippen molar-refractivity contribution in [2.45, 2.75) is 67.4 Å². The van der Waals surface area contributed by atoms with Gasteiger partial charge in [-0.15, -0.1) is 11.8 Å². The molecule has 1 aromatic rings. The molecule has 5 atom stereocenters. The summed E-state index contributed by atoms with van der Waals surface area (Å²) < 4.78 is 42.7. The fourth-order valence-corrected chi connectivity index (χ4v) is 6.77. The lowest BCUT2D eigenvalue weighted by molar-refractivity contribution is -0.192. The minimum Gasteiger partial charge on any atom is -0.496 e. The van der Waals surface area contributed by atoms with Crippen molar-refractivity contribution in [2.75, 3.05) is 27.8 Å². The summed E-state index contributed by atoms with van der Waals surface area (Å²) in [6.45, 7) is 4.97. The number of benzene rings is 1. The number of carbonyl (C=O) groups is 4. The van der Waals surface area contributed by atoms with Gasteiger partial charge in [0.1, 0.15) is 11.3 Å². The molecule has 39 heavy (non-hydrogen) atoms. The average Bonchev–Trinajstić information content (AvgIpc) is 3.34. The number of fused-ring (bicyclic) bond motifs is 3. The van der Waals surface area contributed by atoms with Crippen molar-refractivity contribution in [3.63, 3.8) is 0 Å². The maximum atomic E-state index is 13.3. The van der Waals surface area contributed by atoms with Gasteiger partial charge in [0.05, 0.1) is 26.1 Å². The lowest BCUT2D eigenvalue weighted by Crippen LogP contribution is -2.59. The van der Waals surface area contributed by atoms with E-state index in [0.717, 1.165) is 35.5 Å². The number of nitrogens with zero attached hydrogens (tertiary/aromatic N) is 2. The van der Waals surface area contributed by atoms with Crippen LogP contribution in [0.15, 0.2) is 23.1 Å². The van der Waals surface area contributed by atoms with Crippen LogP contribution in [0.3, 0.4) is 0 Å². The third-order valence-electron chi connectivity index (χ3n) is 7.70. The molecule has 1 N–H and O–H groups in total. The highest BCUT2D eigenvalue weighted by Gasteiger charge is 2.72. The Balaban J connectivity index is 0.000000532. The third-order valence-corrected chi connectivity index (χ3v) is 9.02. The Morgan fingerprint density at radius 2 is 1.85 bits per heavy atom. The fraction of sp³-hybridized carbons (Fsp3) is 0.615. The number of carboxylic acids is 1. The minimum absolute atomic E-state index is 0.222. The SMILES string of the molecule is CCC(C)Sc1ccc([C@@H]2[C@@H]3C(=O)N(C)C(=O)[C@@H]3[C@]3(C(=O)OC)CCCCN23)cc1OC.O=C(O)C(F)(F)F. The quantitative estimate of drug-likeness (QED) is 0.307. The molecule has 0 radical (unpaired) electrons. The molecule has 3 fully saturated rings. The largest absolute Gasteiger partial charge is 0.496 e. The summed E-state index contributed by atoms with van der Waals surface area (Å²) in [7, 11) is 4.53. The van der Waals surface area contributed by atoms with Crippen molar-refractivity contribution >= 4 is 35.5 Å². The molecular formula is C26H33F3N2O7S. The van der Waals surface area contributed by atoms with Gasteiger partial charge in [-0.2, -0.15) is 13.2 Å². The summed E-state index contributed by atoms with van der Waals surface area (Å²) in [4.78, 5) is 52.9. The topological polar surface area (TPSA) is 113 Å². The van der Waals surface area contributed by atoms with E-state index in [0.29, 0.717) is 18.2 Å². The van der Waals surface area contributed by atoms with E-state index in [1.807, 2.05) is 18.2 Å². The first-order valence-electron chi connectivity index (χ1n) is 12.6. The number of imide groups is 1. The molecule has 3 saturated heterocycles. The number of methoxy groups -OCH3 is 2. The maximum Gasteiger partial charge on any atom is 0.490 e. The first kappa shape index (κ1) is 30.7. The number of hydrogen-bond donors (Lipinski definition) is 1. The Bertz CT molecular complexity index is 1130. The zero-order valence-electron chi connectivity index (χ0n) is 22.4. The molecule has 9 nitrogen and oxygen atoms in total. The van der Waals surface area contributed by atoms with Crippen LogP contribution >= 0.6 is 11.8 Å². The van der Waals surface area contributed by atoms with Gasteiger partial charge in [-0.25, -0.2) is 4.79 Å². The number of piperidine rings is 1. The zero-order chi connectivity index (χ0) is 29.3. The monoisotopic (exact) mass is 574 g/mol. The highest BCUT2D eigenvalue weighted by molar-refractivity contribution is 8.00. The molecule has 0 aromatic heterocycles. The summed E-state index contributed by atoms with van der Waals surface area (Å²) in [5.74, 6) is -4.26. The number of amides is 2. The number of carbonyl (C=O) groups excluding carboxylic acids is 3. The first-order chi connectivity index (χ1) is 18.3. The van der Waals surface area contributed by atoms with Crippen LogP contribution in [0, 0.1) is 11.8 Å². The Kier molecular flexibility index (Phi) is 9.26. The third kappa shape index (κ3) is 5.47. The highest BCUT2D eigenvalue weighted by atomic mass is 32.2. The van der Waals surface area contributed by atoms with E-state index in [2.05, 4.69) is 18.7 Å². The molecular weight excluding hydrogens is 541 g/mol. The summed E-state index contributed by atoms with van der Waals surface area (Å²) >= 11 is 1.76. The molecule has 13 heteroatoms. The Morgan fingerprint density at radius 1 is 1.21 bits per heavy atom. The second-order valence-electron chi connectivity index (χ2n) is 9.80. The number of esters is 1. The maximum absolute atomic E-state index is 13.3. The van der Waals surface area contributed by atoms with Gasteiger partial charge in [0.2, 0.25) is 11.8 Å². The van der Waals surface area contributed by atoms with Gasteiger partial charge in [-0.3, -0.25) is 24.2 Å². The van der Waals surface area contributed by atoms with Gasteiger partial charge in [0.15, 0.2) is 0 Å². The van der Waals surface area contributed by atoms with Crippen LogP contribution in [0.25, 0.3) is 0 Å². The van der Waals surface area contributed by atoms with E-state index < -0.39 is 35.5 Å². The number of aliphatic carboxylic acids is 1. The molecule has 1 unspecified atom stereocenters. The van der Waals surface area contributed by atoms with Crippen molar-refractivity contribution in [3.8, 4) is 5.75 Å². The van der Waals surface area contributed by atoms with Crippen molar-refractivity contribution < 1.29 is 46.9 Å². The lowest BCUT2D eigenvalue weighted by atomic mass is 9.75. The Hall–Kier alpha value is -2.80. The second kappa shape index (κ2) is 11.7. The van der Waals surface area contributed by atoms with E-state index in [4.69, 9.17) is 19.4 Å². The minimum atomic E-state index is -5.08. The average molecular weight is 575 g/mol. The summed E-state index contributed by atoms with van der Waals surface area (Å²) in [6.07, 6.45) is -1.80. The van der Waals surface area contributed by atoms with Crippen LogP contribution < -0.4 is 4.74 Å². The molecule has 3 aliphatic heterocycles. The van der Waals surface area contributed by atoms with Crippen molar-refractivity contribution in [1.29, 1.82) is 0 Å². The molecule has 0 spiro atoms. The van der Waals surface area contributed by atoms with Crippen LogP contribution in [-0.4, -0.2) is 83.4 Å². The molecule has 1 aromatic carbocycles. The number of halogens is 3. The summed E-state index contributed by atoms with van der Waals surface area (Å²) in [6, 6.07) is 5.65. The summed E-state index contributed by atoms with van der Waals surface area (Å²) in [5.41, 5.74) is -0.202. The normalized spacial score (nSPS) is 27.3. The van der Waals surface area contributed by atoms with E-state index in [9.17, 15) is 27.6 Å². The zero-order valence-corrected chi connectivity index (χ0v) is 23.2. The van der Waals surface area contributed by atoms with Gasteiger partial charge < -0.3 is 14.6 Å². The number of likely N-dealkylation sites (tertiary alicyclic amines) is 1. The smallest absolute Gasteiger partial charge is 0.490 e. The van der Waals surface area contributed by atoms with Gasteiger partial charge in [-0.1, -0.05) is 19.9 Å². The molecule has 0 aliphatic carbocycles. The van der Waals surface area contributed by atoms with E-state index in [1.165, 1.54) is 19.1 Å². The van der Waals surface area contributed by atoms with Crippen molar-refractivity contribution in [3.05, 3.63) is 23.8 Å². The molecule has 0 bridgehead atoms. The number of ether oxygens (including phenoxy) is 2. The number of hydrogen-bond acceptors (Lipinski definition) is 8. The molecule has 4 rings (SSSR count). The van der Waals surface area contributed by atoms with Crippen LogP contribution in [-0.2, 0) is 23.9 Å². The number of alkyl halides is 3. The van der Waals surface area contributed by atoms with Crippen LogP contribution in [0.1, 0.15) is 51.1 Å². The predicted molar refractivity (Wildman–Crippen MR) is 135 cm³/mol. The van der Waals surface area contributed by atoms with Gasteiger partial charge in [0, 0.05) is 23.2 Å². The van der Waals surface area contributed by atoms with Crippen LogP contribution in [0.4, 0.5) is 13.2 Å². The second-order valence-corrected chi connectivity index (χ2v) is 11.3. The number of thioether (sulfide) groups is 1. The molecule has 0 saturated carbocycles. The fourth-order valence-electron chi connectivity index (χ4n) is 5.77. The molecule has 3 aliphatic rings. The van der Waals surface area contributed by atoms with E-state index in [1.54, 1.807) is 18.9 Å². The Morgan fingerprint density at radius 3 is 2.38 bits per heavy atom. The molecule has 2 amide bonds. The van der Waals surface area contributed by atoms with Crippen LogP contribution in [0.2, 0.25) is 0 Å². The van der Waals surface area contributed by atoms with E-state index in [-0.39, 0.29) is 17.9 Å². The summed E-state index contributed by atoms with van der Waals surface area (Å²) in [5, 5.41) is 7.57.